The fraction of sp³-hybridized carbons (Fsp3) is 0.357. The third kappa shape index (κ3) is 1.58. The highest BCUT2D eigenvalue weighted by atomic mass is 35.5. The first kappa shape index (κ1) is 17.6. The molecular formula is C28H25ClO. The Kier molecular flexibility index (Phi) is 3.27. The molecule has 0 amide bonds. The van der Waals surface area contributed by atoms with Gasteiger partial charge in [0.2, 0.25) is 0 Å². The molecule has 0 aromatic heterocycles. The van der Waals surface area contributed by atoms with Crippen LogP contribution in [0.15, 0.2) is 84.9 Å². The van der Waals surface area contributed by atoms with E-state index in [9.17, 15) is 0 Å². The Hall–Kier alpha value is -2.09. The summed E-state index contributed by atoms with van der Waals surface area (Å²) in [4.78, 5) is -0.397. The summed E-state index contributed by atoms with van der Waals surface area (Å²) in [7, 11) is 0. The van der Waals surface area contributed by atoms with E-state index in [1.165, 1.54) is 47.9 Å². The summed E-state index contributed by atoms with van der Waals surface area (Å²) in [6.07, 6.45) is 6.14. The maximum Gasteiger partial charge on any atom is 0.140 e. The van der Waals surface area contributed by atoms with Gasteiger partial charge in [-0.1, -0.05) is 104 Å². The van der Waals surface area contributed by atoms with E-state index in [0.29, 0.717) is 5.92 Å². The largest absolute Gasteiger partial charge is 0.347 e. The number of fused-ring (bicyclic) bond motifs is 7. The van der Waals surface area contributed by atoms with Gasteiger partial charge in [0.15, 0.2) is 0 Å². The first-order chi connectivity index (χ1) is 14.7. The minimum absolute atomic E-state index is 0.0520. The Morgan fingerprint density at radius 1 is 0.667 bits per heavy atom. The van der Waals surface area contributed by atoms with E-state index < -0.39 is 16.1 Å². The average molecular weight is 413 g/mol. The van der Waals surface area contributed by atoms with Gasteiger partial charge in [0.25, 0.3) is 0 Å². The summed E-state index contributed by atoms with van der Waals surface area (Å²) in [5.74, 6) is 0.468. The molecule has 1 nitrogen and oxygen atoms in total. The van der Waals surface area contributed by atoms with Gasteiger partial charge in [-0.2, -0.15) is 0 Å². The van der Waals surface area contributed by atoms with Crippen molar-refractivity contribution >= 4 is 11.6 Å². The van der Waals surface area contributed by atoms with Crippen LogP contribution in [0.4, 0.5) is 0 Å². The monoisotopic (exact) mass is 412 g/mol. The van der Waals surface area contributed by atoms with Crippen LogP contribution in [0, 0.1) is 11.3 Å². The first-order valence-electron chi connectivity index (χ1n) is 11.3. The third-order valence-corrected chi connectivity index (χ3v) is 9.56. The Labute approximate surface area is 183 Å². The lowest BCUT2D eigenvalue weighted by Gasteiger charge is -2.38. The van der Waals surface area contributed by atoms with Gasteiger partial charge < -0.3 is 4.74 Å². The number of hydrogen-bond acceptors (Lipinski definition) is 1. The van der Waals surface area contributed by atoms with Crippen LogP contribution in [0.2, 0.25) is 0 Å². The Balaban J connectivity index is 1.63. The predicted molar refractivity (Wildman–Crippen MR) is 120 cm³/mol. The molecule has 4 aliphatic rings. The highest BCUT2D eigenvalue weighted by Crippen LogP contribution is 2.93. The molecule has 2 bridgehead atoms. The Morgan fingerprint density at radius 3 is 1.90 bits per heavy atom. The molecule has 1 saturated heterocycles. The van der Waals surface area contributed by atoms with Crippen LogP contribution in [0.3, 0.4) is 0 Å². The molecule has 2 aliphatic carbocycles. The number of ether oxygens (including phenoxy) is 1. The minimum atomic E-state index is -0.593. The summed E-state index contributed by atoms with van der Waals surface area (Å²) in [6.45, 7) is 0. The molecule has 150 valence electrons. The number of halogens is 1. The Morgan fingerprint density at radius 2 is 1.23 bits per heavy atom. The smallest absolute Gasteiger partial charge is 0.140 e. The lowest BCUT2D eigenvalue weighted by Crippen LogP contribution is -2.41. The van der Waals surface area contributed by atoms with Crippen molar-refractivity contribution in [1.82, 2.24) is 0 Å². The second kappa shape index (κ2) is 5.58. The zero-order valence-electron chi connectivity index (χ0n) is 17.0. The number of alkyl halides is 1. The van der Waals surface area contributed by atoms with Crippen LogP contribution in [0.25, 0.3) is 0 Å². The number of hydrogen-bond donors (Lipinski definition) is 0. The van der Waals surface area contributed by atoms with Gasteiger partial charge in [-0.3, -0.25) is 0 Å². The van der Waals surface area contributed by atoms with Crippen molar-refractivity contribution in [3.63, 3.8) is 0 Å². The second-order valence-corrected chi connectivity index (χ2v) is 10.2. The van der Waals surface area contributed by atoms with E-state index >= 15 is 0 Å². The second-order valence-electron chi connectivity index (χ2n) is 9.58. The molecule has 0 radical (unpaired) electrons. The van der Waals surface area contributed by atoms with E-state index in [0.717, 1.165) is 6.42 Å². The Bertz CT molecular complexity index is 1140. The van der Waals surface area contributed by atoms with Gasteiger partial charge >= 0.3 is 0 Å². The summed E-state index contributed by atoms with van der Waals surface area (Å²) >= 11 is 7.91. The maximum atomic E-state index is 7.91. The van der Waals surface area contributed by atoms with E-state index in [1.807, 2.05) is 0 Å². The van der Waals surface area contributed by atoms with Crippen LogP contribution in [0.1, 0.15) is 54.4 Å². The van der Waals surface area contributed by atoms with Gasteiger partial charge in [-0.15, -0.1) is 11.6 Å². The number of rotatable bonds is 2. The molecule has 1 spiro atoms. The molecular weight excluding hydrogens is 388 g/mol. The van der Waals surface area contributed by atoms with E-state index in [1.54, 1.807) is 0 Å². The van der Waals surface area contributed by atoms with Crippen LogP contribution in [-0.4, -0.2) is 4.87 Å². The number of benzene rings is 3. The third-order valence-electron chi connectivity index (χ3n) is 8.70. The lowest BCUT2D eigenvalue weighted by molar-refractivity contribution is -0.0967. The van der Waals surface area contributed by atoms with E-state index in [-0.39, 0.29) is 5.41 Å². The molecule has 30 heavy (non-hydrogen) atoms. The highest BCUT2D eigenvalue weighted by molar-refractivity contribution is 6.29. The predicted octanol–water partition coefficient (Wildman–Crippen LogP) is 6.78. The zero-order valence-corrected chi connectivity index (χ0v) is 17.7. The van der Waals surface area contributed by atoms with Crippen molar-refractivity contribution < 1.29 is 4.74 Å². The van der Waals surface area contributed by atoms with Crippen LogP contribution < -0.4 is 0 Å². The molecule has 5 atom stereocenters. The summed E-state index contributed by atoms with van der Waals surface area (Å²) < 4.78 is 7.44. The molecule has 7 rings (SSSR count). The van der Waals surface area contributed by atoms with Crippen molar-refractivity contribution in [2.24, 2.45) is 11.3 Å². The van der Waals surface area contributed by atoms with Crippen molar-refractivity contribution in [2.75, 3.05) is 0 Å². The van der Waals surface area contributed by atoms with Crippen LogP contribution >= 0.6 is 11.6 Å². The molecule has 0 unspecified atom stereocenters. The molecule has 2 heterocycles. The lowest BCUT2D eigenvalue weighted by atomic mass is 9.64. The van der Waals surface area contributed by atoms with Crippen molar-refractivity contribution in [1.29, 1.82) is 0 Å². The van der Waals surface area contributed by atoms with Crippen LogP contribution in [0.5, 0.6) is 0 Å². The standard InChI is InChI=1S/C28H25ClO/c29-28-24-18-8-3-11-19-25(24,28)26(20-12-4-1-5-13-20)22-16-9-10-17-23(22)27(28,30-26)21-14-6-2-7-15-21/h1-2,4-7,9-10,12-17,24H,3,8,11,18-19H2/t24-,25+,26+,27-,28-/m1/s1. The summed E-state index contributed by atoms with van der Waals surface area (Å²) in [5.41, 5.74) is 3.96. The summed E-state index contributed by atoms with van der Waals surface area (Å²) in [6, 6.07) is 30.6. The highest BCUT2D eigenvalue weighted by Gasteiger charge is 2.97. The molecule has 2 saturated carbocycles. The SMILES string of the molecule is Cl[C@]12[C@@H]3CCCCC[C@@]31[C@@]1(c3ccccc3)O[C@]2(c2ccccc2)c2ccccc21. The van der Waals surface area contributed by atoms with E-state index in [2.05, 4.69) is 84.9 Å². The van der Waals surface area contributed by atoms with Crippen LogP contribution in [-0.2, 0) is 15.9 Å². The van der Waals surface area contributed by atoms with Gasteiger partial charge in [-0.05, 0) is 41.0 Å². The van der Waals surface area contributed by atoms with Crippen molar-refractivity contribution in [3.8, 4) is 0 Å². The summed E-state index contributed by atoms with van der Waals surface area (Å²) in [5, 5.41) is 0. The molecule has 0 N–H and O–H groups in total. The fourth-order valence-electron chi connectivity index (χ4n) is 7.82. The van der Waals surface area contributed by atoms with E-state index in [4.69, 9.17) is 16.3 Å². The normalized spacial score (nSPS) is 40.2. The quantitative estimate of drug-likeness (QED) is 0.422. The fourth-order valence-corrected chi connectivity index (χ4v) is 8.67. The van der Waals surface area contributed by atoms with Crippen molar-refractivity contribution in [3.05, 3.63) is 107 Å². The molecule has 2 aliphatic heterocycles. The molecule has 3 fully saturated rings. The van der Waals surface area contributed by atoms with Gasteiger partial charge in [-0.25, -0.2) is 0 Å². The average Bonchev–Trinajstić information content (AvgIpc) is 3.22. The first-order valence-corrected chi connectivity index (χ1v) is 11.7. The van der Waals surface area contributed by atoms with Crippen molar-refractivity contribution in [2.45, 2.75) is 48.2 Å². The molecule has 3 aromatic carbocycles. The van der Waals surface area contributed by atoms with Gasteiger partial charge in [0.1, 0.15) is 11.2 Å². The molecule has 3 aromatic rings. The minimum Gasteiger partial charge on any atom is -0.347 e. The zero-order chi connectivity index (χ0) is 20.0. The molecule has 2 heteroatoms. The van der Waals surface area contributed by atoms with Gasteiger partial charge in [0, 0.05) is 5.41 Å². The van der Waals surface area contributed by atoms with Gasteiger partial charge in [0.05, 0.1) is 4.87 Å². The maximum absolute atomic E-state index is 7.91. The topological polar surface area (TPSA) is 9.23 Å².